The predicted molar refractivity (Wildman–Crippen MR) is 161 cm³/mol. The van der Waals surface area contributed by atoms with Crippen LogP contribution < -0.4 is 5.32 Å². The van der Waals surface area contributed by atoms with E-state index in [-0.39, 0.29) is 37.7 Å². The standard InChI is InChI=1S/C34H56N2O5/c1-23(2)7-6-8-24(3)28-11-12-29-27-10-9-25-21-26(13-15-33(25,4)30(27)14-16-34(28,29)5)41-32(40)35-17-18-36(19-20-37)22-31(38)39/h9,20,23-24,26-30H,6-8,10-19,21-22H2,1-5H3,(H,35,40)(H,38,39)/t24-,26+,27?,28-,29?,30?,33+,34-/m1/s1. The number of allylic oxidation sites excluding steroid dienone is 1. The van der Waals surface area contributed by atoms with Crippen molar-refractivity contribution in [3.8, 4) is 0 Å². The van der Waals surface area contributed by atoms with Crippen LogP contribution in [0.3, 0.4) is 0 Å². The lowest BCUT2D eigenvalue weighted by Crippen LogP contribution is -2.51. The molecule has 1 amide bonds. The Bertz CT molecular complexity index is 965. The van der Waals surface area contributed by atoms with Gasteiger partial charge in [0.1, 0.15) is 12.4 Å². The molecule has 2 N–H and O–H groups in total. The molecule has 0 aliphatic heterocycles. The number of aliphatic carboxylic acids is 1. The van der Waals surface area contributed by atoms with E-state index in [9.17, 15) is 14.4 Å². The van der Waals surface area contributed by atoms with Gasteiger partial charge in [0, 0.05) is 19.5 Å². The summed E-state index contributed by atoms with van der Waals surface area (Å²) in [4.78, 5) is 35.8. The Morgan fingerprint density at radius 1 is 1.12 bits per heavy atom. The fourth-order valence-corrected chi connectivity index (χ4v) is 9.79. The Hall–Kier alpha value is -1.89. The van der Waals surface area contributed by atoms with Crippen LogP contribution in [0.15, 0.2) is 11.6 Å². The fraction of sp³-hybridized carbons (Fsp3) is 0.853. The number of hydrogen-bond acceptors (Lipinski definition) is 5. The van der Waals surface area contributed by atoms with Gasteiger partial charge in [0.25, 0.3) is 0 Å². The fourth-order valence-electron chi connectivity index (χ4n) is 9.79. The number of carboxylic acids is 1. The Labute approximate surface area is 248 Å². The van der Waals surface area contributed by atoms with E-state index in [2.05, 4.69) is 46.0 Å². The number of rotatable bonds is 13. The number of carboxylic acid groups (broad SMARTS) is 1. The van der Waals surface area contributed by atoms with Crippen LogP contribution in [0.2, 0.25) is 0 Å². The largest absolute Gasteiger partial charge is 0.480 e. The molecule has 0 spiro atoms. The molecule has 0 saturated heterocycles. The molecular formula is C34H56N2O5. The minimum atomic E-state index is -0.996. The van der Waals surface area contributed by atoms with Crippen LogP contribution in [-0.4, -0.2) is 60.6 Å². The quantitative estimate of drug-likeness (QED) is 0.188. The van der Waals surface area contributed by atoms with E-state index in [1.54, 1.807) is 0 Å². The van der Waals surface area contributed by atoms with Gasteiger partial charge in [0.2, 0.25) is 0 Å². The highest BCUT2D eigenvalue weighted by Crippen LogP contribution is 2.67. The summed E-state index contributed by atoms with van der Waals surface area (Å²) in [5.41, 5.74) is 2.21. The normalized spacial score (nSPS) is 35.2. The topological polar surface area (TPSA) is 95.9 Å². The molecule has 4 aliphatic carbocycles. The number of alkyl carbamates (subject to hydrolysis) is 1. The zero-order valence-electron chi connectivity index (χ0n) is 26.3. The summed E-state index contributed by atoms with van der Waals surface area (Å²) in [7, 11) is 0. The van der Waals surface area contributed by atoms with E-state index < -0.39 is 12.1 Å². The van der Waals surface area contributed by atoms with E-state index in [1.807, 2.05) is 0 Å². The number of nitrogens with one attached hydrogen (secondary N) is 1. The number of aldehydes is 1. The number of fused-ring (bicyclic) bond motifs is 5. The van der Waals surface area contributed by atoms with Crippen molar-refractivity contribution in [1.82, 2.24) is 10.2 Å². The van der Waals surface area contributed by atoms with E-state index in [0.717, 1.165) is 54.8 Å². The molecule has 7 heteroatoms. The Morgan fingerprint density at radius 3 is 2.61 bits per heavy atom. The molecule has 4 rings (SSSR count). The summed E-state index contributed by atoms with van der Waals surface area (Å²) in [6.45, 7) is 12.7. The summed E-state index contributed by atoms with van der Waals surface area (Å²) in [6, 6.07) is 0. The second-order valence-electron chi connectivity index (χ2n) is 14.8. The smallest absolute Gasteiger partial charge is 0.407 e. The van der Waals surface area contributed by atoms with Crippen LogP contribution in [0.5, 0.6) is 0 Å². The third-order valence-electron chi connectivity index (χ3n) is 11.9. The molecule has 3 saturated carbocycles. The summed E-state index contributed by atoms with van der Waals surface area (Å²) in [5.74, 6) is 3.88. The zero-order valence-corrected chi connectivity index (χ0v) is 26.3. The Morgan fingerprint density at radius 2 is 1.90 bits per heavy atom. The first kappa shape index (κ1) is 32.0. The average Bonchev–Trinajstić information content (AvgIpc) is 3.25. The highest BCUT2D eigenvalue weighted by Gasteiger charge is 2.59. The van der Waals surface area contributed by atoms with Gasteiger partial charge < -0.3 is 20.0 Å². The third kappa shape index (κ3) is 7.19. The van der Waals surface area contributed by atoms with Crippen LogP contribution in [-0.2, 0) is 14.3 Å². The maximum absolute atomic E-state index is 12.5. The summed E-state index contributed by atoms with van der Waals surface area (Å²) in [5, 5.41) is 11.7. The zero-order chi connectivity index (χ0) is 29.8. The van der Waals surface area contributed by atoms with Crippen LogP contribution in [0.4, 0.5) is 4.79 Å². The van der Waals surface area contributed by atoms with Gasteiger partial charge >= 0.3 is 12.1 Å². The van der Waals surface area contributed by atoms with Crippen molar-refractivity contribution in [2.24, 2.45) is 46.3 Å². The molecule has 0 bridgehead atoms. The molecule has 3 unspecified atom stereocenters. The molecule has 0 aromatic rings. The maximum Gasteiger partial charge on any atom is 0.407 e. The van der Waals surface area contributed by atoms with Crippen LogP contribution in [0, 0.1) is 46.3 Å². The molecule has 0 aromatic heterocycles. The van der Waals surface area contributed by atoms with Gasteiger partial charge in [-0.25, -0.2) is 4.79 Å². The molecule has 0 aromatic carbocycles. The molecule has 4 aliphatic rings. The number of amides is 1. The summed E-state index contributed by atoms with van der Waals surface area (Å²) >= 11 is 0. The second-order valence-corrected chi connectivity index (χ2v) is 14.8. The Kier molecular flexibility index (Phi) is 10.6. The number of carbonyl (C=O) groups excluding carboxylic acids is 2. The molecule has 8 atom stereocenters. The van der Waals surface area contributed by atoms with Crippen LogP contribution in [0.25, 0.3) is 0 Å². The SMILES string of the molecule is CC(C)CCC[C@@H](C)[C@H]1CCC2C3CC=C4C[C@@H](OC(=O)NCCN(CC=O)CC(=O)O)CC[C@]4(C)C3CC[C@@]21C. The van der Waals surface area contributed by atoms with Gasteiger partial charge in [0.15, 0.2) is 0 Å². The van der Waals surface area contributed by atoms with Crippen molar-refractivity contribution in [3.05, 3.63) is 11.6 Å². The van der Waals surface area contributed by atoms with Gasteiger partial charge in [-0.3, -0.25) is 9.69 Å². The van der Waals surface area contributed by atoms with E-state index in [4.69, 9.17) is 9.84 Å². The van der Waals surface area contributed by atoms with Crippen molar-refractivity contribution >= 4 is 18.3 Å². The monoisotopic (exact) mass is 572 g/mol. The maximum atomic E-state index is 12.5. The number of ether oxygens (including phenoxy) is 1. The highest BCUT2D eigenvalue weighted by atomic mass is 16.6. The molecule has 232 valence electrons. The first-order valence-electron chi connectivity index (χ1n) is 16.5. The molecule has 0 radical (unpaired) electrons. The molecule has 7 nitrogen and oxygen atoms in total. The lowest BCUT2D eigenvalue weighted by Gasteiger charge is -2.58. The minimum absolute atomic E-state index is 0.0263. The van der Waals surface area contributed by atoms with Gasteiger partial charge in [-0.05, 0) is 91.3 Å². The van der Waals surface area contributed by atoms with Crippen molar-refractivity contribution in [2.75, 3.05) is 26.2 Å². The van der Waals surface area contributed by atoms with E-state index >= 15 is 0 Å². The van der Waals surface area contributed by atoms with Crippen LogP contribution in [0.1, 0.15) is 105 Å². The van der Waals surface area contributed by atoms with Gasteiger partial charge in [0.05, 0.1) is 13.1 Å². The minimum Gasteiger partial charge on any atom is -0.480 e. The van der Waals surface area contributed by atoms with Crippen molar-refractivity contribution in [3.63, 3.8) is 0 Å². The molecule has 41 heavy (non-hydrogen) atoms. The second kappa shape index (κ2) is 13.6. The first-order valence-corrected chi connectivity index (χ1v) is 16.5. The van der Waals surface area contributed by atoms with Crippen molar-refractivity contribution < 1.29 is 24.2 Å². The Balaban J connectivity index is 1.31. The highest BCUT2D eigenvalue weighted by molar-refractivity contribution is 5.70. The van der Waals surface area contributed by atoms with Gasteiger partial charge in [-0.1, -0.05) is 65.5 Å². The third-order valence-corrected chi connectivity index (χ3v) is 11.9. The molecule has 3 fully saturated rings. The molecule has 0 heterocycles. The van der Waals surface area contributed by atoms with E-state index in [0.29, 0.717) is 11.7 Å². The molecular weight excluding hydrogens is 516 g/mol. The van der Waals surface area contributed by atoms with Gasteiger partial charge in [-0.2, -0.15) is 0 Å². The summed E-state index contributed by atoms with van der Waals surface area (Å²) in [6.07, 6.45) is 16.2. The summed E-state index contributed by atoms with van der Waals surface area (Å²) < 4.78 is 5.82. The number of carbonyl (C=O) groups is 3. The number of hydrogen-bond donors (Lipinski definition) is 2. The first-order chi connectivity index (χ1) is 19.5. The predicted octanol–water partition coefficient (Wildman–Crippen LogP) is 6.71. The lowest BCUT2D eigenvalue weighted by atomic mass is 9.47. The van der Waals surface area contributed by atoms with Gasteiger partial charge in [-0.15, -0.1) is 0 Å². The lowest BCUT2D eigenvalue weighted by molar-refractivity contribution is -0.138. The van der Waals surface area contributed by atoms with Crippen molar-refractivity contribution in [1.29, 1.82) is 0 Å². The van der Waals surface area contributed by atoms with Crippen LogP contribution >= 0.6 is 0 Å². The average molecular weight is 573 g/mol. The van der Waals surface area contributed by atoms with E-state index in [1.165, 1.54) is 61.8 Å². The number of nitrogens with zero attached hydrogens (tertiary/aromatic N) is 1. The van der Waals surface area contributed by atoms with Crippen molar-refractivity contribution in [2.45, 2.75) is 111 Å².